The minimum atomic E-state index is -0.302. The Bertz CT molecular complexity index is 1060. The van der Waals surface area contributed by atoms with Crippen molar-refractivity contribution in [2.24, 2.45) is 11.8 Å². The van der Waals surface area contributed by atoms with Gasteiger partial charge in [0.25, 0.3) is 11.8 Å². The average Bonchev–Trinajstić information content (AvgIpc) is 3.12. The third-order valence-corrected chi connectivity index (χ3v) is 6.91. The minimum absolute atomic E-state index is 0.0644. The van der Waals surface area contributed by atoms with Crippen molar-refractivity contribution < 1.29 is 19.1 Å². The first-order chi connectivity index (χ1) is 15.8. The summed E-state index contributed by atoms with van der Waals surface area (Å²) in [6.45, 7) is 11.0. The molecule has 33 heavy (non-hydrogen) atoms. The summed E-state index contributed by atoms with van der Waals surface area (Å²) < 4.78 is 6.08. The van der Waals surface area contributed by atoms with Gasteiger partial charge in [0.05, 0.1) is 5.56 Å². The van der Waals surface area contributed by atoms with E-state index in [1.54, 1.807) is 20.0 Å². The standard InChI is InChI=1S/C26H31N3O4/c1-6-7-8-9-14(2)22-15(3)33-24-18(22)10-17(11-19(24)26(32)27-5)25(31)28-23-20-12-29(16(4)30)13-21(20)23/h6-11,15,20-23H,2,12-13H2,1,3-5H3,(H,27,32)(H,28,31)/b7-6-,9-8-/t15-,20-,21+,22-,23?/m0/s1. The Morgan fingerprint density at radius 2 is 1.85 bits per heavy atom. The number of hydrogen-bond donors (Lipinski definition) is 2. The summed E-state index contributed by atoms with van der Waals surface area (Å²) >= 11 is 0. The molecule has 1 aromatic rings. The topological polar surface area (TPSA) is 87.7 Å². The number of carbonyl (C=O) groups excluding carboxylic acids is 3. The number of benzene rings is 1. The second-order valence-corrected chi connectivity index (χ2v) is 9.03. The first kappa shape index (κ1) is 22.8. The second kappa shape index (κ2) is 8.89. The molecule has 3 amide bonds. The molecule has 3 aliphatic rings. The van der Waals surface area contributed by atoms with Crippen molar-refractivity contribution in [3.05, 3.63) is 65.3 Å². The molecule has 174 valence electrons. The van der Waals surface area contributed by atoms with Crippen LogP contribution in [0.25, 0.3) is 0 Å². The van der Waals surface area contributed by atoms with Gasteiger partial charge in [-0.2, -0.15) is 0 Å². The quantitative estimate of drug-likeness (QED) is 0.654. The molecule has 0 bridgehead atoms. The summed E-state index contributed by atoms with van der Waals surface area (Å²) in [5.41, 5.74) is 2.41. The van der Waals surface area contributed by atoms with E-state index in [9.17, 15) is 14.4 Å². The molecule has 5 atom stereocenters. The molecule has 1 aliphatic carbocycles. The summed E-state index contributed by atoms with van der Waals surface area (Å²) in [6, 6.07) is 3.48. The van der Waals surface area contributed by atoms with Gasteiger partial charge in [0.15, 0.2) is 0 Å². The Morgan fingerprint density at radius 1 is 1.15 bits per heavy atom. The Kier molecular flexibility index (Phi) is 6.15. The van der Waals surface area contributed by atoms with Crippen LogP contribution in [0.2, 0.25) is 0 Å². The molecule has 0 spiro atoms. The number of carbonyl (C=O) groups is 3. The number of allylic oxidation sites excluding steroid dienone is 4. The highest BCUT2D eigenvalue weighted by Crippen LogP contribution is 2.47. The van der Waals surface area contributed by atoms with E-state index in [1.165, 1.54) is 0 Å². The minimum Gasteiger partial charge on any atom is -0.489 e. The van der Waals surface area contributed by atoms with Gasteiger partial charge in [-0.15, -0.1) is 0 Å². The van der Waals surface area contributed by atoms with E-state index in [-0.39, 0.29) is 35.8 Å². The molecule has 1 saturated heterocycles. The van der Waals surface area contributed by atoms with Crippen LogP contribution >= 0.6 is 0 Å². The van der Waals surface area contributed by atoms with Gasteiger partial charge < -0.3 is 20.3 Å². The number of nitrogens with one attached hydrogen (secondary N) is 2. The molecule has 4 rings (SSSR count). The predicted octanol–water partition coefficient (Wildman–Crippen LogP) is 2.81. The zero-order valence-electron chi connectivity index (χ0n) is 19.6. The third kappa shape index (κ3) is 4.19. The first-order valence-corrected chi connectivity index (χ1v) is 11.4. The fourth-order valence-electron chi connectivity index (χ4n) is 5.08. The van der Waals surface area contributed by atoms with Crippen LogP contribution in [0.3, 0.4) is 0 Å². The van der Waals surface area contributed by atoms with E-state index >= 15 is 0 Å². The van der Waals surface area contributed by atoms with E-state index in [2.05, 4.69) is 17.2 Å². The van der Waals surface area contributed by atoms with Crippen LogP contribution in [-0.2, 0) is 4.79 Å². The van der Waals surface area contributed by atoms with Crippen LogP contribution in [0.1, 0.15) is 53.0 Å². The summed E-state index contributed by atoms with van der Waals surface area (Å²) in [7, 11) is 1.56. The van der Waals surface area contributed by atoms with Crippen LogP contribution in [-0.4, -0.2) is 54.9 Å². The molecule has 1 saturated carbocycles. The highest BCUT2D eigenvalue weighted by molar-refractivity contribution is 6.02. The van der Waals surface area contributed by atoms with Gasteiger partial charge in [-0.25, -0.2) is 0 Å². The molecule has 0 radical (unpaired) electrons. The molecule has 0 aromatic heterocycles. The lowest BCUT2D eigenvalue weighted by Crippen LogP contribution is -2.36. The molecular formula is C26H31N3O4. The smallest absolute Gasteiger partial charge is 0.254 e. The van der Waals surface area contributed by atoms with Crippen molar-refractivity contribution in [2.75, 3.05) is 20.1 Å². The molecule has 1 unspecified atom stereocenters. The number of fused-ring (bicyclic) bond motifs is 2. The van der Waals surface area contributed by atoms with Crippen molar-refractivity contribution in [1.29, 1.82) is 0 Å². The fraction of sp³-hybridized carbons (Fsp3) is 0.423. The van der Waals surface area contributed by atoms with E-state index in [4.69, 9.17) is 4.74 Å². The van der Waals surface area contributed by atoms with Gasteiger partial charge in [0, 0.05) is 62.0 Å². The number of piperidine rings is 1. The maximum absolute atomic E-state index is 13.2. The van der Waals surface area contributed by atoms with E-state index in [1.807, 2.05) is 49.1 Å². The van der Waals surface area contributed by atoms with Crippen LogP contribution in [0.4, 0.5) is 0 Å². The zero-order chi connectivity index (χ0) is 23.9. The number of ether oxygens (including phenoxy) is 1. The van der Waals surface area contributed by atoms with Crippen molar-refractivity contribution in [3.63, 3.8) is 0 Å². The van der Waals surface area contributed by atoms with Crippen LogP contribution in [0.15, 0.2) is 48.6 Å². The molecule has 2 heterocycles. The third-order valence-electron chi connectivity index (χ3n) is 6.91. The largest absolute Gasteiger partial charge is 0.489 e. The number of nitrogens with zero attached hydrogens (tertiary/aromatic N) is 1. The zero-order valence-corrected chi connectivity index (χ0v) is 19.6. The fourth-order valence-corrected chi connectivity index (χ4v) is 5.08. The lowest BCUT2D eigenvalue weighted by Gasteiger charge is -2.18. The van der Waals surface area contributed by atoms with Gasteiger partial charge >= 0.3 is 0 Å². The summed E-state index contributed by atoms with van der Waals surface area (Å²) in [5.74, 6) is 0.502. The van der Waals surface area contributed by atoms with Gasteiger partial charge in [-0.3, -0.25) is 14.4 Å². The normalized spacial score (nSPS) is 27.3. The lowest BCUT2D eigenvalue weighted by molar-refractivity contribution is -0.128. The SMILES string of the molecule is C=C(/C=C\C=C/C)[C@@H]1c2cc(C(=O)NC3[C@H]4CN(C(C)=O)C[C@@H]34)cc(C(=O)NC)c2O[C@H]1C. The van der Waals surface area contributed by atoms with E-state index in [0.717, 1.165) is 11.1 Å². The maximum Gasteiger partial charge on any atom is 0.254 e. The van der Waals surface area contributed by atoms with Gasteiger partial charge in [0.2, 0.25) is 5.91 Å². The summed E-state index contributed by atoms with van der Waals surface area (Å²) in [5, 5.41) is 5.75. The number of amides is 3. The van der Waals surface area contributed by atoms with E-state index < -0.39 is 0 Å². The summed E-state index contributed by atoms with van der Waals surface area (Å²) in [4.78, 5) is 39.2. The van der Waals surface area contributed by atoms with Crippen LogP contribution in [0.5, 0.6) is 5.75 Å². The van der Waals surface area contributed by atoms with Crippen molar-refractivity contribution >= 4 is 17.7 Å². The van der Waals surface area contributed by atoms with Gasteiger partial charge in [-0.1, -0.05) is 30.9 Å². The Balaban J connectivity index is 1.60. The molecule has 1 aromatic carbocycles. The molecule has 7 nitrogen and oxygen atoms in total. The van der Waals surface area contributed by atoms with Crippen molar-refractivity contribution in [1.82, 2.24) is 15.5 Å². The van der Waals surface area contributed by atoms with Gasteiger partial charge in [0.1, 0.15) is 11.9 Å². The lowest BCUT2D eigenvalue weighted by atomic mass is 9.87. The second-order valence-electron chi connectivity index (χ2n) is 9.03. The average molecular weight is 450 g/mol. The van der Waals surface area contributed by atoms with Crippen LogP contribution in [0, 0.1) is 11.8 Å². The maximum atomic E-state index is 13.2. The van der Waals surface area contributed by atoms with Crippen LogP contribution < -0.4 is 15.4 Å². The molecular weight excluding hydrogens is 418 g/mol. The van der Waals surface area contributed by atoms with Gasteiger partial charge in [-0.05, 0) is 31.6 Å². The first-order valence-electron chi connectivity index (χ1n) is 11.4. The van der Waals surface area contributed by atoms with E-state index in [0.29, 0.717) is 41.8 Å². The summed E-state index contributed by atoms with van der Waals surface area (Å²) in [6.07, 6.45) is 7.48. The highest BCUT2D eigenvalue weighted by Gasteiger charge is 2.57. The Morgan fingerprint density at radius 3 is 2.45 bits per heavy atom. The molecule has 2 fully saturated rings. The number of hydrogen-bond acceptors (Lipinski definition) is 4. The highest BCUT2D eigenvalue weighted by atomic mass is 16.5. The number of likely N-dealkylation sites (tertiary alicyclic amines) is 1. The van der Waals surface area contributed by atoms with Crippen molar-refractivity contribution in [3.8, 4) is 5.75 Å². The number of rotatable bonds is 6. The predicted molar refractivity (Wildman–Crippen MR) is 126 cm³/mol. The molecule has 2 N–H and O–H groups in total. The molecule has 7 heteroatoms. The Hall–Kier alpha value is -3.35. The monoisotopic (exact) mass is 449 g/mol. The molecule has 2 aliphatic heterocycles. The Labute approximate surface area is 194 Å². The van der Waals surface area contributed by atoms with Crippen molar-refractivity contribution in [2.45, 2.75) is 38.8 Å².